The predicted molar refractivity (Wildman–Crippen MR) is 101 cm³/mol. The fourth-order valence-corrected chi connectivity index (χ4v) is 3.10. The summed E-state index contributed by atoms with van der Waals surface area (Å²) in [6.07, 6.45) is 9.43. The van der Waals surface area contributed by atoms with E-state index in [1.807, 2.05) is 18.2 Å². The van der Waals surface area contributed by atoms with Gasteiger partial charge in [-0.05, 0) is 37.0 Å². The van der Waals surface area contributed by atoms with Gasteiger partial charge in [-0.15, -0.1) is 0 Å². The van der Waals surface area contributed by atoms with Crippen LogP contribution in [-0.4, -0.2) is 45.7 Å². The molecule has 5 nitrogen and oxygen atoms in total. The molecule has 0 aromatic heterocycles. The fourth-order valence-electron chi connectivity index (χ4n) is 3.10. The number of amides is 1. The van der Waals surface area contributed by atoms with Crippen molar-refractivity contribution in [3.8, 4) is 0 Å². The Morgan fingerprint density at radius 2 is 2.19 bits per heavy atom. The van der Waals surface area contributed by atoms with E-state index >= 15 is 0 Å². The van der Waals surface area contributed by atoms with Crippen molar-refractivity contribution >= 4 is 11.9 Å². The van der Waals surface area contributed by atoms with Crippen LogP contribution in [0.2, 0.25) is 0 Å². The third kappa shape index (κ3) is 7.35. The van der Waals surface area contributed by atoms with Gasteiger partial charge in [-0.3, -0.25) is 9.59 Å². The van der Waals surface area contributed by atoms with Crippen molar-refractivity contribution in [2.24, 2.45) is 0 Å². The molecule has 0 saturated carbocycles. The molecule has 1 amide bonds. The molecule has 1 fully saturated rings. The van der Waals surface area contributed by atoms with Crippen LogP contribution in [-0.2, 0) is 16.0 Å². The van der Waals surface area contributed by atoms with Gasteiger partial charge in [-0.2, -0.15) is 0 Å². The van der Waals surface area contributed by atoms with Gasteiger partial charge in [0.25, 0.3) is 0 Å². The first-order valence-corrected chi connectivity index (χ1v) is 9.23. The van der Waals surface area contributed by atoms with Crippen LogP contribution < -0.4 is 0 Å². The van der Waals surface area contributed by atoms with E-state index < -0.39 is 12.1 Å². The lowest BCUT2D eigenvalue weighted by Crippen LogP contribution is -2.32. The maximum atomic E-state index is 13.2. The summed E-state index contributed by atoms with van der Waals surface area (Å²) in [5.74, 6) is -1.06. The summed E-state index contributed by atoms with van der Waals surface area (Å²) in [5.41, 5.74) is 0.718. The number of likely N-dealkylation sites (tertiary alicyclic amines) is 1. The molecule has 146 valence electrons. The van der Waals surface area contributed by atoms with Crippen LogP contribution in [0.25, 0.3) is 0 Å². The summed E-state index contributed by atoms with van der Waals surface area (Å²) in [4.78, 5) is 24.3. The molecule has 2 rings (SSSR count). The molecule has 1 aliphatic heterocycles. The lowest BCUT2D eigenvalue weighted by Gasteiger charge is -2.21. The Hall–Kier alpha value is -2.47. The van der Waals surface area contributed by atoms with E-state index in [4.69, 9.17) is 5.11 Å². The van der Waals surface area contributed by atoms with Crippen molar-refractivity contribution in [1.82, 2.24) is 4.90 Å². The highest BCUT2D eigenvalue weighted by molar-refractivity contribution is 5.79. The van der Waals surface area contributed by atoms with Crippen molar-refractivity contribution < 1.29 is 24.2 Å². The number of aliphatic carboxylic acids is 1. The summed E-state index contributed by atoms with van der Waals surface area (Å²) in [5, 5.41) is 18.7. The lowest BCUT2D eigenvalue weighted by atomic mass is 10.1. The Balaban J connectivity index is 1.82. The largest absolute Gasteiger partial charge is 0.481 e. The molecule has 2 N–H and O–H groups in total. The van der Waals surface area contributed by atoms with Crippen LogP contribution >= 0.6 is 0 Å². The van der Waals surface area contributed by atoms with Gasteiger partial charge in [0, 0.05) is 25.8 Å². The second-order valence-corrected chi connectivity index (χ2v) is 6.70. The highest BCUT2D eigenvalue weighted by Gasteiger charge is 2.28. The molecule has 2 atom stereocenters. The van der Waals surface area contributed by atoms with Crippen LogP contribution in [0.4, 0.5) is 4.39 Å². The van der Waals surface area contributed by atoms with Gasteiger partial charge < -0.3 is 15.1 Å². The Morgan fingerprint density at radius 3 is 2.93 bits per heavy atom. The molecule has 0 aliphatic carbocycles. The van der Waals surface area contributed by atoms with Gasteiger partial charge in [-0.1, -0.05) is 36.4 Å². The van der Waals surface area contributed by atoms with Crippen molar-refractivity contribution in [1.29, 1.82) is 0 Å². The van der Waals surface area contributed by atoms with Crippen molar-refractivity contribution in [3.63, 3.8) is 0 Å². The molecule has 1 aromatic carbocycles. The minimum absolute atomic E-state index is 0.0664. The van der Waals surface area contributed by atoms with Crippen LogP contribution in [0.3, 0.4) is 0 Å². The Labute approximate surface area is 158 Å². The number of carbonyl (C=O) groups is 2. The first-order valence-electron chi connectivity index (χ1n) is 9.23. The van der Waals surface area contributed by atoms with E-state index in [2.05, 4.69) is 0 Å². The minimum Gasteiger partial charge on any atom is -0.481 e. The Morgan fingerprint density at radius 1 is 1.37 bits per heavy atom. The third-order valence-corrected chi connectivity index (χ3v) is 4.49. The Kier molecular flexibility index (Phi) is 8.20. The molecular weight excluding hydrogens is 349 g/mol. The fraction of sp³-hybridized carbons (Fsp3) is 0.429. The van der Waals surface area contributed by atoms with Crippen LogP contribution in [0.1, 0.15) is 37.7 Å². The van der Waals surface area contributed by atoms with Gasteiger partial charge in [0.1, 0.15) is 5.82 Å². The topological polar surface area (TPSA) is 77.8 Å². The summed E-state index contributed by atoms with van der Waals surface area (Å²) in [6.45, 7) is 0.473. The first kappa shape index (κ1) is 20.8. The van der Waals surface area contributed by atoms with Crippen LogP contribution in [0.5, 0.6) is 0 Å². The van der Waals surface area contributed by atoms with E-state index in [1.165, 1.54) is 12.1 Å². The van der Waals surface area contributed by atoms with Gasteiger partial charge in [0.05, 0.1) is 12.1 Å². The molecule has 0 unspecified atom stereocenters. The highest BCUT2D eigenvalue weighted by Crippen LogP contribution is 2.20. The average Bonchev–Trinajstić information content (AvgIpc) is 2.96. The smallest absolute Gasteiger partial charge is 0.303 e. The van der Waals surface area contributed by atoms with E-state index in [0.29, 0.717) is 38.6 Å². The number of carboxylic acids is 1. The standard InChI is InChI=1S/C21H26FNO4/c22-17-7-5-6-16(14-17)15-19(24)11-9-18-10-12-20(25)23(18)13-4-2-1-3-8-21(26)27/h2,4-7,9,11,14,18-19,24H,1,3,8,10,12-13,15H2,(H,26,27)/b4-2+,11-9+/t18-,19+/m0/s1. The average molecular weight is 375 g/mol. The van der Waals surface area contributed by atoms with Crippen LogP contribution in [0, 0.1) is 5.82 Å². The summed E-state index contributed by atoms with van der Waals surface area (Å²) in [7, 11) is 0. The molecule has 1 saturated heterocycles. The van der Waals surface area contributed by atoms with Crippen molar-refractivity contribution in [2.45, 2.75) is 50.7 Å². The van der Waals surface area contributed by atoms with E-state index in [0.717, 1.165) is 5.56 Å². The number of allylic oxidation sites excluding steroid dienone is 1. The zero-order valence-electron chi connectivity index (χ0n) is 15.3. The van der Waals surface area contributed by atoms with E-state index in [1.54, 1.807) is 23.1 Å². The molecular formula is C21H26FNO4. The molecule has 1 heterocycles. The van der Waals surface area contributed by atoms with Gasteiger partial charge in [0.2, 0.25) is 5.91 Å². The number of benzene rings is 1. The summed E-state index contributed by atoms with van der Waals surface area (Å²) >= 11 is 0. The predicted octanol–water partition coefficient (Wildman–Crippen LogP) is 3.09. The number of nitrogens with zero attached hydrogens (tertiary/aromatic N) is 1. The second-order valence-electron chi connectivity index (χ2n) is 6.70. The number of carboxylic acid groups (broad SMARTS) is 1. The van der Waals surface area contributed by atoms with Gasteiger partial charge >= 0.3 is 5.97 Å². The number of rotatable bonds is 10. The molecule has 6 heteroatoms. The summed E-state index contributed by atoms with van der Waals surface area (Å²) < 4.78 is 13.2. The number of carbonyl (C=O) groups excluding carboxylic acids is 1. The van der Waals surface area contributed by atoms with E-state index in [-0.39, 0.29) is 24.2 Å². The molecule has 1 aromatic rings. The van der Waals surface area contributed by atoms with Gasteiger partial charge in [0.15, 0.2) is 0 Å². The normalized spacial score (nSPS) is 18.7. The molecule has 1 aliphatic rings. The molecule has 0 bridgehead atoms. The lowest BCUT2D eigenvalue weighted by molar-refractivity contribution is -0.137. The van der Waals surface area contributed by atoms with Crippen LogP contribution in [0.15, 0.2) is 48.6 Å². The Bertz CT molecular complexity index is 701. The third-order valence-electron chi connectivity index (χ3n) is 4.49. The minimum atomic E-state index is -0.805. The van der Waals surface area contributed by atoms with Crippen molar-refractivity contribution in [2.75, 3.05) is 6.54 Å². The second kappa shape index (κ2) is 10.6. The zero-order chi connectivity index (χ0) is 19.6. The molecule has 0 radical (unpaired) electrons. The number of unbranched alkanes of at least 4 members (excludes halogenated alkanes) is 1. The molecule has 27 heavy (non-hydrogen) atoms. The zero-order valence-corrected chi connectivity index (χ0v) is 15.3. The SMILES string of the molecule is O=C(O)CCC/C=C/CN1C(=O)CC[C@@H]1/C=C/[C@@H](O)Cc1cccc(F)c1. The number of halogens is 1. The highest BCUT2D eigenvalue weighted by atomic mass is 19.1. The van der Waals surface area contributed by atoms with Crippen molar-refractivity contribution in [3.05, 3.63) is 60.0 Å². The van der Waals surface area contributed by atoms with E-state index in [9.17, 15) is 19.1 Å². The quantitative estimate of drug-likeness (QED) is 0.487. The number of aliphatic hydroxyl groups excluding tert-OH is 1. The summed E-state index contributed by atoms with van der Waals surface area (Å²) in [6, 6.07) is 6.08. The number of aliphatic hydroxyl groups is 1. The maximum Gasteiger partial charge on any atom is 0.303 e. The monoisotopic (exact) mass is 375 g/mol. The number of hydrogen-bond donors (Lipinski definition) is 2. The van der Waals surface area contributed by atoms with Gasteiger partial charge in [-0.25, -0.2) is 4.39 Å². The first-order chi connectivity index (χ1) is 13.0. The maximum absolute atomic E-state index is 13.2. The number of hydrogen-bond acceptors (Lipinski definition) is 3. The molecule has 0 spiro atoms.